The number of hydrogen-bond acceptors (Lipinski definition) is 5. The molecule has 0 aliphatic carbocycles. The highest BCUT2D eigenvalue weighted by Crippen LogP contribution is 2.22. The van der Waals surface area contributed by atoms with Gasteiger partial charge in [0, 0.05) is 31.6 Å². The van der Waals surface area contributed by atoms with Crippen LogP contribution in [0.2, 0.25) is 0 Å². The van der Waals surface area contributed by atoms with Crippen molar-refractivity contribution in [3.63, 3.8) is 0 Å². The number of nitrogens with zero attached hydrogens (tertiary/aromatic N) is 1. The Bertz CT molecular complexity index is 828. The number of anilines is 1. The van der Waals surface area contributed by atoms with Crippen molar-refractivity contribution in [3.8, 4) is 0 Å². The molecule has 0 spiro atoms. The van der Waals surface area contributed by atoms with E-state index in [9.17, 15) is 18.0 Å². The first-order valence-electron chi connectivity index (χ1n) is 10.2. The Morgan fingerprint density at radius 2 is 1.86 bits per heavy atom. The number of methoxy groups -OCH3 is 1. The minimum absolute atomic E-state index is 0.0801. The zero-order valence-electron chi connectivity index (χ0n) is 16.9. The van der Waals surface area contributed by atoms with E-state index in [1.165, 1.54) is 17.5 Å². The normalized spacial score (nSPS) is 23.3. The molecule has 8 nitrogen and oxygen atoms in total. The Hall–Kier alpha value is -1.97. The number of likely N-dealkylation sites (tertiary alicyclic amines) is 1. The highest BCUT2D eigenvalue weighted by molar-refractivity contribution is 7.89. The average Bonchev–Trinajstić information content (AvgIpc) is 2.74. The van der Waals surface area contributed by atoms with E-state index in [4.69, 9.17) is 4.74 Å². The van der Waals surface area contributed by atoms with Gasteiger partial charge in [-0.1, -0.05) is 12.5 Å². The van der Waals surface area contributed by atoms with Crippen LogP contribution in [-0.2, 0) is 24.3 Å². The first kappa shape index (κ1) is 21.7. The molecular formula is C20H30N3O5S+. The molecule has 0 bridgehead atoms. The van der Waals surface area contributed by atoms with Gasteiger partial charge in [0.05, 0.1) is 31.0 Å². The van der Waals surface area contributed by atoms with E-state index in [1.54, 1.807) is 18.2 Å². The molecule has 2 aliphatic rings. The summed E-state index contributed by atoms with van der Waals surface area (Å²) in [6.45, 7) is 2.84. The fourth-order valence-corrected chi connectivity index (χ4v) is 5.59. The summed E-state index contributed by atoms with van der Waals surface area (Å²) in [6.07, 6.45) is 4.23. The van der Waals surface area contributed by atoms with Gasteiger partial charge >= 0.3 is 5.97 Å². The number of quaternary nitrogens is 1. The number of piperidine rings is 2. The number of rotatable bonds is 6. The molecule has 160 valence electrons. The highest BCUT2D eigenvalue weighted by Gasteiger charge is 2.29. The Morgan fingerprint density at radius 1 is 1.17 bits per heavy atom. The minimum Gasteiger partial charge on any atom is -0.469 e. The summed E-state index contributed by atoms with van der Waals surface area (Å²) in [5.41, 5.74) is 0.483. The molecule has 0 saturated carbocycles. The van der Waals surface area contributed by atoms with Gasteiger partial charge in [0.1, 0.15) is 0 Å². The Kier molecular flexibility index (Phi) is 7.26. The average molecular weight is 425 g/mol. The van der Waals surface area contributed by atoms with E-state index in [0.29, 0.717) is 31.6 Å². The van der Waals surface area contributed by atoms with E-state index < -0.39 is 10.0 Å². The minimum atomic E-state index is -3.53. The molecule has 3 rings (SSSR count). The van der Waals surface area contributed by atoms with Crippen molar-refractivity contribution < 1.29 is 27.6 Å². The molecule has 29 heavy (non-hydrogen) atoms. The molecule has 9 heteroatoms. The largest absolute Gasteiger partial charge is 0.469 e. The van der Waals surface area contributed by atoms with E-state index in [1.807, 2.05) is 0 Å². The maximum absolute atomic E-state index is 12.8. The third-order valence-electron chi connectivity index (χ3n) is 5.71. The number of carbonyl (C=O) groups is 2. The van der Waals surface area contributed by atoms with Crippen LogP contribution in [0.5, 0.6) is 0 Å². The second-order valence-electron chi connectivity index (χ2n) is 7.76. The van der Waals surface area contributed by atoms with E-state index in [-0.39, 0.29) is 29.2 Å². The molecule has 1 aromatic rings. The van der Waals surface area contributed by atoms with Crippen LogP contribution < -0.4 is 10.2 Å². The lowest BCUT2D eigenvalue weighted by atomic mass is 9.97. The number of amides is 1. The molecule has 0 aromatic heterocycles. The van der Waals surface area contributed by atoms with Gasteiger partial charge in [-0.2, -0.15) is 4.31 Å². The molecule has 0 radical (unpaired) electrons. The second kappa shape index (κ2) is 9.69. The van der Waals surface area contributed by atoms with Crippen molar-refractivity contribution in [2.45, 2.75) is 37.0 Å². The summed E-state index contributed by atoms with van der Waals surface area (Å²) in [5.74, 6) is -0.423. The second-order valence-corrected chi connectivity index (χ2v) is 9.70. The van der Waals surface area contributed by atoms with Crippen LogP contribution in [0.1, 0.15) is 32.1 Å². The van der Waals surface area contributed by atoms with Crippen LogP contribution in [0, 0.1) is 5.92 Å². The Labute approximate surface area is 172 Å². The first-order valence-corrected chi connectivity index (χ1v) is 11.7. The van der Waals surface area contributed by atoms with Crippen molar-refractivity contribution in [1.82, 2.24) is 4.31 Å². The summed E-state index contributed by atoms with van der Waals surface area (Å²) in [6, 6.07) is 6.45. The molecule has 1 amide bonds. The quantitative estimate of drug-likeness (QED) is 0.639. The third-order valence-corrected chi connectivity index (χ3v) is 7.60. The Morgan fingerprint density at radius 3 is 2.52 bits per heavy atom. The standard InChI is InChI=1S/C20H29N3O5S/c1-28-20(25)16-8-12-22(13-9-16)15-19(24)21-17-6-5-7-18(14-17)29(26,27)23-10-3-2-4-11-23/h5-7,14,16H,2-4,8-13,15H2,1H3,(H,21,24)/p+1. The zero-order valence-corrected chi connectivity index (χ0v) is 17.7. The molecule has 0 atom stereocenters. The predicted molar refractivity (Wildman–Crippen MR) is 108 cm³/mol. The lowest BCUT2D eigenvalue weighted by Crippen LogP contribution is -3.14. The summed E-state index contributed by atoms with van der Waals surface area (Å²) in [4.78, 5) is 25.4. The van der Waals surface area contributed by atoms with Gasteiger partial charge in [-0.15, -0.1) is 0 Å². The highest BCUT2D eigenvalue weighted by atomic mass is 32.2. The number of sulfonamides is 1. The van der Waals surface area contributed by atoms with Crippen molar-refractivity contribution >= 4 is 27.6 Å². The molecule has 2 heterocycles. The Balaban J connectivity index is 1.56. The molecule has 1 aromatic carbocycles. The van der Waals surface area contributed by atoms with E-state index in [0.717, 1.165) is 37.3 Å². The maximum atomic E-state index is 12.8. The third kappa shape index (κ3) is 5.55. The van der Waals surface area contributed by atoms with Crippen LogP contribution in [0.4, 0.5) is 5.69 Å². The van der Waals surface area contributed by atoms with Crippen molar-refractivity contribution in [1.29, 1.82) is 0 Å². The van der Waals surface area contributed by atoms with Crippen molar-refractivity contribution in [2.24, 2.45) is 5.92 Å². The van der Waals surface area contributed by atoms with Gasteiger partial charge < -0.3 is 15.0 Å². The molecule has 0 unspecified atom stereocenters. The van der Waals surface area contributed by atoms with Crippen molar-refractivity contribution in [3.05, 3.63) is 24.3 Å². The number of ether oxygens (including phenoxy) is 1. The zero-order chi connectivity index (χ0) is 20.9. The van der Waals surface area contributed by atoms with E-state index in [2.05, 4.69) is 5.32 Å². The molecule has 2 N–H and O–H groups in total. The number of esters is 1. The topological polar surface area (TPSA) is 97.2 Å². The monoisotopic (exact) mass is 424 g/mol. The van der Waals surface area contributed by atoms with Crippen LogP contribution in [-0.4, -0.2) is 64.4 Å². The smallest absolute Gasteiger partial charge is 0.309 e. The van der Waals surface area contributed by atoms with Gasteiger partial charge in [-0.25, -0.2) is 8.42 Å². The molecule has 2 saturated heterocycles. The van der Waals surface area contributed by atoms with Gasteiger partial charge in [-0.3, -0.25) is 9.59 Å². The summed E-state index contributed by atoms with van der Waals surface area (Å²) in [7, 11) is -2.13. The van der Waals surface area contributed by atoms with E-state index >= 15 is 0 Å². The van der Waals surface area contributed by atoms with Gasteiger partial charge in [-0.05, 0) is 31.0 Å². The maximum Gasteiger partial charge on any atom is 0.309 e. The van der Waals surface area contributed by atoms with Crippen molar-refractivity contribution in [2.75, 3.05) is 45.2 Å². The molecule has 2 aliphatic heterocycles. The fraction of sp³-hybridized carbons (Fsp3) is 0.600. The van der Waals surface area contributed by atoms with Crippen LogP contribution in [0.3, 0.4) is 0 Å². The number of hydrogen-bond donors (Lipinski definition) is 2. The summed E-state index contributed by atoms with van der Waals surface area (Å²) < 4.78 is 32.0. The van der Waals surface area contributed by atoms with Gasteiger partial charge in [0.25, 0.3) is 5.91 Å². The number of benzene rings is 1. The van der Waals surface area contributed by atoms with Crippen LogP contribution in [0.15, 0.2) is 29.2 Å². The van der Waals surface area contributed by atoms with Gasteiger partial charge in [0.15, 0.2) is 6.54 Å². The molecular weight excluding hydrogens is 394 g/mol. The summed E-state index contributed by atoms with van der Waals surface area (Å²) in [5, 5.41) is 2.82. The molecule has 2 fully saturated rings. The predicted octanol–water partition coefficient (Wildman–Crippen LogP) is 0.268. The SMILES string of the molecule is COC(=O)C1CC[NH+](CC(=O)Nc2cccc(S(=O)(=O)N3CCCCC3)c2)CC1. The number of carbonyl (C=O) groups excluding carboxylic acids is 2. The summed E-state index contributed by atoms with van der Waals surface area (Å²) >= 11 is 0. The van der Waals surface area contributed by atoms with Crippen LogP contribution in [0.25, 0.3) is 0 Å². The van der Waals surface area contributed by atoms with Crippen LogP contribution >= 0.6 is 0 Å². The number of nitrogens with one attached hydrogen (secondary N) is 2. The fourth-order valence-electron chi connectivity index (χ4n) is 4.03. The lowest BCUT2D eigenvalue weighted by molar-refractivity contribution is -0.897. The first-order chi connectivity index (χ1) is 13.9. The lowest BCUT2D eigenvalue weighted by Gasteiger charge is -2.27. The van der Waals surface area contributed by atoms with Gasteiger partial charge in [0.2, 0.25) is 10.0 Å².